The largest absolute Gasteiger partial charge is 0.481 e. The summed E-state index contributed by atoms with van der Waals surface area (Å²) in [6.45, 7) is 1.68. The number of fused-ring (bicyclic) bond motifs is 3. The van der Waals surface area contributed by atoms with Crippen LogP contribution in [0.25, 0.3) is 33.1 Å². The molecule has 0 saturated heterocycles. The van der Waals surface area contributed by atoms with Gasteiger partial charge in [-0.05, 0) is 44.3 Å². The van der Waals surface area contributed by atoms with Gasteiger partial charge in [-0.2, -0.15) is 0 Å². The molecule has 4 rings (SSSR count). The summed E-state index contributed by atoms with van der Waals surface area (Å²) in [6.07, 6.45) is 3.80. The fraction of sp³-hybridized carbons (Fsp3) is 0.304. The number of H-pyrrole nitrogens is 2. The van der Waals surface area contributed by atoms with Gasteiger partial charge in [-0.25, -0.2) is 9.97 Å². The van der Waals surface area contributed by atoms with Crippen LogP contribution < -0.4 is 10.5 Å². The summed E-state index contributed by atoms with van der Waals surface area (Å²) in [6, 6.07) is 7.62. The second-order valence-corrected chi connectivity index (χ2v) is 8.14. The maximum Gasteiger partial charge on any atom is 0.303 e. The molecule has 0 amide bonds. The summed E-state index contributed by atoms with van der Waals surface area (Å²) in [5, 5.41) is 10.7. The molecular weight excluding hydrogens is 408 g/mol. The number of carbonyl (C=O) groups is 1. The van der Waals surface area contributed by atoms with Crippen LogP contribution in [-0.4, -0.2) is 70.1 Å². The number of aromatic nitrogens is 4. The normalized spacial score (nSPS) is 11.5. The number of anilines is 1. The quantitative estimate of drug-likeness (QED) is 0.390. The lowest BCUT2D eigenvalue weighted by Gasteiger charge is -2.19. The molecule has 0 saturated carbocycles. The first kappa shape index (κ1) is 21.5. The number of benzene rings is 1. The van der Waals surface area contributed by atoms with Gasteiger partial charge in [-0.3, -0.25) is 9.59 Å². The third-order valence-electron chi connectivity index (χ3n) is 5.50. The minimum atomic E-state index is -0.874. The first-order valence-corrected chi connectivity index (χ1v) is 10.4. The van der Waals surface area contributed by atoms with Gasteiger partial charge in [0.15, 0.2) is 0 Å². The zero-order valence-electron chi connectivity index (χ0n) is 18.3. The Kier molecular flexibility index (Phi) is 5.91. The molecule has 166 valence electrons. The SMILES string of the molecule is CN(C)CCN(C)c1nccc(-c2ccc3[nH]c(=O)c4[nH]cc(CCC(=O)O)c4c3c2)n1. The van der Waals surface area contributed by atoms with Crippen molar-refractivity contribution < 1.29 is 9.90 Å². The highest BCUT2D eigenvalue weighted by Gasteiger charge is 2.14. The van der Waals surface area contributed by atoms with Crippen molar-refractivity contribution in [1.82, 2.24) is 24.8 Å². The molecule has 0 aliphatic heterocycles. The summed E-state index contributed by atoms with van der Waals surface area (Å²) in [5.74, 6) is -0.235. The predicted molar refractivity (Wildman–Crippen MR) is 125 cm³/mol. The minimum absolute atomic E-state index is 0.00447. The number of pyridine rings is 1. The van der Waals surface area contributed by atoms with E-state index in [-0.39, 0.29) is 12.0 Å². The summed E-state index contributed by atoms with van der Waals surface area (Å²) in [4.78, 5) is 42.7. The van der Waals surface area contributed by atoms with Gasteiger partial charge in [-0.1, -0.05) is 6.07 Å². The van der Waals surface area contributed by atoms with Gasteiger partial charge in [0.05, 0.1) is 5.69 Å². The highest BCUT2D eigenvalue weighted by Crippen LogP contribution is 2.29. The standard InChI is InChI=1S/C23H26N6O3/c1-28(2)10-11-29(3)23-24-9-8-17(27-23)14-4-6-18-16(12-14)20-15(5-7-19(30)31)13-25-21(20)22(32)26-18/h4,6,8-9,12-13,25H,5,7,10-11H2,1-3H3,(H,26,32)(H,30,31). The van der Waals surface area contributed by atoms with E-state index in [1.54, 1.807) is 12.4 Å². The topological polar surface area (TPSA) is 118 Å². The fourth-order valence-electron chi connectivity index (χ4n) is 3.74. The first-order valence-electron chi connectivity index (χ1n) is 10.4. The summed E-state index contributed by atoms with van der Waals surface area (Å²) in [7, 11) is 6.01. The van der Waals surface area contributed by atoms with Crippen LogP contribution in [-0.2, 0) is 11.2 Å². The lowest BCUT2D eigenvalue weighted by atomic mass is 10.0. The second kappa shape index (κ2) is 8.80. The van der Waals surface area contributed by atoms with E-state index in [0.29, 0.717) is 23.4 Å². The maximum absolute atomic E-state index is 12.5. The molecule has 3 N–H and O–H groups in total. The molecule has 9 nitrogen and oxygen atoms in total. The van der Waals surface area contributed by atoms with Gasteiger partial charge in [0.25, 0.3) is 5.56 Å². The van der Waals surface area contributed by atoms with E-state index in [0.717, 1.165) is 40.7 Å². The van der Waals surface area contributed by atoms with Crippen LogP contribution in [0.15, 0.2) is 41.5 Å². The monoisotopic (exact) mass is 434 g/mol. The van der Waals surface area contributed by atoms with Crippen molar-refractivity contribution in [2.24, 2.45) is 0 Å². The minimum Gasteiger partial charge on any atom is -0.481 e. The smallest absolute Gasteiger partial charge is 0.303 e. The average molecular weight is 435 g/mol. The van der Waals surface area contributed by atoms with Crippen LogP contribution in [0.4, 0.5) is 5.95 Å². The van der Waals surface area contributed by atoms with Crippen molar-refractivity contribution in [3.63, 3.8) is 0 Å². The molecule has 0 unspecified atom stereocenters. The summed E-state index contributed by atoms with van der Waals surface area (Å²) < 4.78 is 0. The van der Waals surface area contributed by atoms with E-state index in [1.807, 2.05) is 50.3 Å². The van der Waals surface area contributed by atoms with Gasteiger partial charge < -0.3 is 24.9 Å². The molecule has 4 aromatic rings. The van der Waals surface area contributed by atoms with Crippen LogP contribution >= 0.6 is 0 Å². The van der Waals surface area contributed by atoms with E-state index < -0.39 is 5.97 Å². The van der Waals surface area contributed by atoms with E-state index >= 15 is 0 Å². The van der Waals surface area contributed by atoms with Gasteiger partial charge in [-0.15, -0.1) is 0 Å². The third kappa shape index (κ3) is 4.33. The molecule has 9 heteroatoms. The number of aromatic amines is 2. The van der Waals surface area contributed by atoms with E-state index in [9.17, 15) is 9.59 Å². The zero-order chi connectivity index (χ0) is 22.8. The van der Waals surface area contributed by atoms with Crippen molar-refractivity contribution in [1.29, 1.82) is 0 Å². The van der Waals surface area contributed by atoms with Crippen molar-refractivity contribution in [2.45, 2.75) is 12.8 Å². The zero-order valence-corrected chi connectivity index (χ0v) is 18.3. The molecule has 1 aromatic carbocycles. The van der Waals surface area contributed by atoms with Crippen molar-refractivity contribution >= 4 is 33.7 Å². The Morgan fingerprint density at radius 1 is 1.16 bits per heavy atom. The van der Waals surface area contributed by atoms with Crippen molar-refractivity contribution in [2.75, 3.05) is 39.1 Å². The highest BCUT2D eigenvalue weighted by atomic mass is 16.4. The number of aryl methyl sites for hydroxylation is 1. The van der Waals surface area contributed by atoms with Crippen LogP contribution in [0.2, 0.25) is 0 Å². The molecular formula is C23H26N6O3. The number of aliphatic carboxylic acids is 1. The first-order chi connectivity index (χ1) is 15.3. The fourth-order valence-corrected chi connectivity index (χ4v) is 3.74. The number of hydrogen-bond acceptors (Lipinski definition) is 6. The molecule has 32 heavy (non-hydrogen) atoms. The number of nitrogens with zero attached hydrogens (tertiary/aromatic N) is 4. The second-order valence-electron chi connectivity index (χ2n) is 8.14. The molecule has 0 aliphatic rings. The number of likely N-dealkylation sites (N-methyl/N-ethyl adjacent to an activating group) is 2. The van der Waals surface area contributed by atoms with E-state index in [4.69, 9.17) is 10.1 Å². The molecule has 0 spiro atoms. The summed E-state index contributed by atoms with van der Waals surface area (Å²) >= 11 is 0. The lowest BCUT2D eigenvalue weighted by Crippen LogP contribution is -2.29. The molecule has 0 bridgehead atoms. The molecule has 0 aliphatic carbocycles. The average Bonchev–Trinajstić information content (AvgIpc) is 3.21. The Morgan fingerprint density at radius 3 is 2.72 bits per heavy atom. The number of carboxylic acids is 1. The third-order valence-corrected chi connectivity index (χ3v) is 5.50. The molecule has 3 heterocycles. The maximum atomic E-state index is 12.5. The Labute approximate surface area is 184 Å². The Hall–Kier alpha value is -3.72. The van der Waals surface area contributed by atoms with Gasteiger partial charge >= 0.3 is 5.97 Å². The van der Waals surface area contributed by atoms with Gasteiger partial charge in [0.1, 0.15) is 5.52 Å². The molecule has 0 atom stereocenters. The van der Waals surface area contributed by atoms with Gasteiger partial charge in [0.2, 0.25) is 5.95 Å². The van der Waals surface area contributed by atoms with Gasteiger partial charge in [0, 0.05) is 60.8 Å². The molecule has 0 fully saturated rings. The Balaban J connectivity index is 1.78. The Bertz CT molecular complexity index is 1340. The van der Waals surface area contributed by atoms with Crippen LogP contribution in [0.3, 0.4) is 0 Å². The number of rotatable bonds is 8. The predicted octanol–water partition coefficient (Wildman–Crippen LogP) is 2.48. The lowest BCUT2D eigenvalue weighted by molar-refractivity contribution is -0.136. The summed E-state index contributed by atoms with van der Waals surface area (Å²) in [5.41, 5.74) is 3.38. The van der Waals surface area contributed by atoms with Crippen molar-refractivity contribution in [3.05, 3.63) is 52.6 Å². The number of hydrogen-bond donors (Lipinski definition) is 3. The van der Waals surface area contributed by atoms with Crippen LogP contribution in [0.1, 0.15) is 12.0 Å². The van der Waals surface area contributed by atoms with Crippen LogP contribution in [0.5, 0.6) is 0 Å². The highest BCUT2D eigenvalue weighted by molar-refractivity contribution is 6.07. The number of carboxylic acid groups (broad SMARTS) is 1. The number of nitrogens with one attached hydrogen (secondary N) is 2. The molecule has 0 radical (unpaired) electrons. The Morgan fingerprint density at radius 2 is 1.97 bits per heavy atom. The molecule has 3 aromatic heterocycles. The van der Waals surface area contributed by atoms with E-state index in [2.05, 4.69) is 19.9 Å². The van der Waals surface area contributed by atoms with Crippen LogP contribution in [0, 0.1) is 0 Å². The van der Waals surface area contributed by atoms with E-state index in [1.165, 1.54) is 0 Å². The van der Waals surface area contributed by atoms with Crippen molar-refractivity contribution in [3.8, 4) is 11.3 Å².